The Kier molecular flexibility index (Phi) is 4.08. The van der Waals surface area contributed by atoms with Crippen molar-refractivity contribution >= 4 is 0 Å². The first kappa shape index (κ1) is 10.9. The van der Waals surface area contributed by atoms with E-state index in [1.165, 1.54) is 0 Å². The quantitative estimate of drug-likeness (QED) is 0.523. The maximum absolute atomic E-state index is 9.40. The first-order valence-electron chi connectivity index (χ1n) is 4.50. The molecule has 4 atom stereocenters. The Hall–Kier alpha value is -0.200. The molecule has 0 aromatic carbocycles. The molecule has 0 saturated carbocycles. The molecule has 1 saturated heterocycles. The molecule has 4 unspecified atom stereocenters. The minimum absolute atomic E-state index is 0.211. The van der Waals surface area contributed by atoms with Crippen molar-refractivity contribution in [3.63, 3.8) is 0 Å². The Morgan fingerprint density at radius 2 is 2.31 bits per heavy atom. The van der Waals surface area contributed by atoms with Gasteiger partial charge in [0.05, 0.1) is 18.8 Å². The van der Waals surface area contributed by atoms with Crippen molar-refractivity contribution in [2.75, 3.05) is 13.2 Å². The summed E-state index contributed by atoms with van der Waals surface area (Å²) in [6.45, 7) is 2.14. The monoisotopic (exact) mass is 191 g/mol. The van der Waals surface area contributed by atoms with Crippen LogP contribution in [-0.2, 0) is 9.47 Å². The lowest BCUT2D eigenvalue weighted by Gasteiger charge is -2.36. The molecule has 78 valence electrons. The Morgan fingerprint density at radius 1 is 1.62 bits per heavy atom. The van der Waals surface area contributed by atoms with Crippen molar-refractivity contribution in [3.8, 4) is 0 Å². The highest BCUT2D eigenvalue weighted by Crippen LogP contribution is 2.19. The fraction of sp³-hybridized carbons (Fsp3) is 1.00. The number of rotatable bonds is 3. The van der Waals surface area contributed by atoms with Crippen LogP contribution in [0, 0.1) is 0 Å². The van der Waals surface area contributed by atoms with Crippen molar-refractivity contribution in [1.29, 1.82) is 0 Å². The van der Waals surface area contributed by atoms with Gasteiger partial charge < -0.3 is 25.4 Å². The highest BCUT2D eigenvalue weighted by Gasteiger charge is 2.35. The van der Waals surface area contributed by atoms with Gasteiger partial charge in [0.1, 0.15) is 6.10 Å². The van der Waals surface area contributed by atoms with E-state index in [0.29, 0.717) is 13.0 Å². The third kappa shape index (κ3) is 2.62. The molecule has 0 amide bonds. The van der Waals surface area contributed by atoms with Crippen LogP contribution in [0.2, 0.25) is 0 Å². The lowest BCUT2D eigenvalue weighted by molar-refractivity contribution is -0.235. The van der Waals surface area contributed by atoms with E-state index in [4.69, 9.17) is 20.3 Å². The molecule has 0 bridgehead atoms. The van der Waals surface area contributed by atoms with Crippen LogP contribution in [0.1, 0.15) is 13.3 Å². The van der Waals surface area contributed by atoms with Gasteiger partial charge in [-0.15, -0.1) is 0 Å². The molecule has 0 aromatic rings. The van der Waals surface area contributed by atoms with Crippen LogP contribution in [0.15, 0.2) is 0 Å². The van der Waals surface area contributed by atoms with Crippen LogP contribution in [0.5, 0.6) is 0 Å². The zero-order chi connectivity index (χ0) is 9.84. The van der Waals surface area contributed by atoms with Crippen LogP contribution >= 0.6 is 0 Å². The van der Waals surface area contributed by atoms with Gasteiger partial charge in [0.2, 0.25) is 0 Å². The van der Waals surface area contributed by atoms with Gasteiger partial charge in [0.15, 0.2) is 6.29 Å². The third-order valence-electron chi connectivity index (χ3n) is 2.11. The Bertz CT molecular complexity index is 155. The average molecular weight is 191 g/mol. The van der Waals surface area contributed by atoms with E-state index in [0.717, 1.165) is 0 Å². The molecule has 1 aliphatic rings. The van der Waals surface area contributed by atoms with E-state index >= 15 is 0 Å². The van der Waals surface area contributed by atoms with E-state index in [9.17, 15) is 5.11 Å². The molecule has 5 nitrogen and oxygen atoms in total. The van der Waals surface area contributed by atoms with Crippen LogP contribution in [0.3, 0.4) is 0 Å². The minimum Gasteiger partial charge on any atom is -0.394 e. The molecule has 5 heteroatoms. The Morgan fingerprint density at radius 3 is 2.85 bits per heavy atom. The fourth-order valence-electron chi connectivity index (χ4n) is 1.40. The number of nitrogens with two attached hydrogens (primary N) is 1. The molecule has 1 heterocycles. The average Bonchev–Trinajstić information content (AvgIpc) is 2.10. The van der Waals surface area contributed by atoms with Crippen molar-refractivity contribution in [2.24, 2.45) is 5.73 Å². The second kappa shape index (κ2) is 4.88. The van der Waals surface area contributed by atoms with Gasteiger partial charge in [-0.1, -0.05) is 0 Å². The zero-order valence-corrected chi connectivity index (χ0v) is 7.72. The molecule has 0 aromatic heterocycles. The van der Waals surface area contributed by atoms with Gasteiger partial charge in [-0.05, 0) is 13.3 Å². The summed E-state index contributed by atoms with van der Waals surface area (Å²) in [7, 11) is 0. The van der Waals surface area contributed by atoms with Crippen molar-refractivity contribution in [2.45, 2.75) is 37.9 Å². The maximum Gasteiger partial charge on any atom is 0.173 e. The minimum atomic E-state index is -0.697. The summed E-state index contributed by atoms with van der Waals surface area (Å²) in [6, 6.07) is -0.322. The largest absolute Gasteiger partial charge is 0.394 e. The highest BCUT2D eigenvalue weighted by molar-refractivity contribution is 4.82. The van der Waals surface area contributed by atoms with E-state index in [1.54, 1.807) is 0 Å². The van der Waals surface area contributed by atoms with Crippen molar-refractivity contribution in [3.05, 3.63) is 0 Å². The highest BCUT2D eigenvalue weighted by atomic mass is 16.7. The van der Waals surface area contributed by atoms with Crippen molar-refractivity contribution < 1.29 is 19.7 Å². The second-order valence-electron chi connectivity index (χ2n) is 3.15. The van der Waals surface area contributed by atoms with Gasteiger partial charge in [0, 0.05) is 6.61 Å². The number of aliphatic hydroxyl groups is 2. The zero-order valence-electron chi connectivity index (χ0n) is 7.72. The summed E-state index contributed by atoms with van der Waals surface area (Å²) in [5, 5.41) is 18.3. The molecule has 1 aliphatic heterocycles. The van der Waals surface area contributed by atoms with Crippen molar-refractivity contribution in [1.82, 2.24) is 0 Å². The van der Waals surface area contributed by atoms with Gasteiger partial charge >= 0.3 is 0 Å². The van der Waals surface area contributed by atoms with Crippen LogP contribution in [0.25, 0.3) is 0 Å². The summed E-state index contributed by atoms with van der Waals surface area (Å²) in [5.41, 5.74) is 5.68. The van der Waals surface area contributed by atoms with Crippen LogP contribution in [0.4, 0.5) is 0 Å². The van der Waals surface area contributed by atoms with Gasteiger partial charge in [-0.25, -0.2) is 0 Å². The molecule has 0 spiro atoms. The number of hydrogen-bond acceptors (Lipinski definition) is 5. The normalized spacial score (nSPS) is 40.6. The molecule has 0 radical (unpaired) electrons. The SMILES string of the molecule is CCOC1OC(CO)C(O)CC1N. The smallest absolute Gasteiger partial charge is 0.173 e. The Labute approximate surface area is 77.4 Å². The molecular weight excluding hydrogens is 174 g/mol. The predicted molar refractivity (Wildman–Crippen MR) is 46.0 cm³/mol. The predicted octanol–water partition coefficient (Wildman–Crippen LogP) is -1.18. The molecular formula is C8H17NO4. The fourth-order valence-corrected chi connectivity index (χ4v) is 1.40. The third-order valence-corrected chi connectivity index (χ3v) is 2.11. The lowest BCUT2D eigenvalue weighted by Crippen LogP contribution is -2.53. The van der Waals surface area contributed by atoms with E-state index in [2.05, 4.69) is 0 Å². The summed E-state index contributed by atoms with van der Waals surface area (Å²) < 4.78 is 10.5. The summed E-state index contributed by atoms with van der Waals surface area (Å²) in [4.78, 5) is 0. The van der Waals surface area contributed by atoms with E-state index in [-0.39, 0.29) is 12.6 Å². The van der Waals surface area contributed by atoms with Gasteiger partial charge in [0.25, 0.3) is 0 Å². The topological polar surface area (TPSA) is 84.9 Å². The van der Waals surface area contributed by atoms with E-state index < -0.39 is 18.5 Å². The number of ether oxygens (including phenoxy) is 2. The standard InChI is InChI=1S/C8H17NO4/c1-2-12-8-5(9)3-6(11)7(4-10)13-8/h5-8,10-11H,2-4,9H2,1H3. The number of hydrogen-bond donors (Lipinski definition) is 3. The lowest BCUT2D eigenvalue weighted by atomic mass is 10.0. The maximum atomic E-state index is 9.40. The van der Waals surface area contributed by atoms with Gasteiger partial charge in [-0.3, -0.25) is 0 Å². The van der Waals surface area contributed by atoms with E-state index in [1.807, 2.05) is 6.92 Å². The molecule has 13 heavy (non-hydrogen) atoms. The molecule has 1 rings (SSSR count). The molecule has 1 fully saturated rings. The first-order valence-corrected chi connectivity index (χ1v) is 4.50. The first-order chi connectivity index (χ1) is 6.19. The summed E-state index contributed by atoms with van der Waals surface area (Å²) >= 11 is 0. The summed E-state index contributed by atoms with van der Waals surface area (Å²) in [5.74, 6) is 0. The molecule has 4 N–H and O–H groups in total. The summed E-state index contributed by atoms with van der Waals surface area (Å²) in [6.07, 6.45) is -1.38. The van der Waals surface area contributed by atoms with Gasteiger partial charge in [-0.2, -0.15) is 0 Å². The second-order valence-corrected chi connectivity index (χ2v) is 3.15. The van der Waals surface area contributed by atoms with Crippen LogP contribution < -0.4 is 5.73 Å². The van der Waals surface area contributed by atoms with Crippen LogP contribution in [-0.4, -0.2) is 48.0 Å². The molecule has 0 aliphatic carbocycles. The number of aliphatic hydroxyl groups excluding tert-OH is 2. The Balaban J connectivity index is 2.48.